The molecule has 1 nitrogen and oxygen atoms in total. The average Bonchev–Trinajstić information content (AvgIpc) is 2.38. The molecule has 0 aliphatic heterocycles. The van der Waals surface area contributed by atoms with E-state index in [1.807, 2.05) is 31.1 Å². The Labute approximate surface area is 120 Å². The zero-order chi connectivity index (χ0) is 15.6. The van der Waals surface area contributed by atoms with Gasteiger partial charge in [0.15, 0.2) is 0 Å². The molecule has 5 heteroatoms. The van der Waals surface area contributed by atoms with Crippen molar-refractivity contribution in [2.75, 3.05) is 14.1 Å². The van der Waals surface area contributed by atoms with E-state index in [1.165, 1.54) is 6.07 Å². The molecule has 0 amide bonds. The quantitative estimate of drug-likeness (QED) is 0.750. The molecule has 112 valence electrons. The van der Waals surface area contributed by atoms with Crippen LogP contribution >= 0.6 is 0 Å². The van der Waals surface area contributed by atoms with Crippen LogP contribution in [0.15, 0.2) is 42.5 Å². The fourth-order valence-corrected chi connectivity index (χ4v) is 2.19. The van der Waals surface area contributed by atoms with Gasteiger partial charge in [-0.1, -0.05) is 30.3 Å². The number of nitrogens with zero attached hydrogens (tertiary/aromatic N) is 1. The molecule has 0 aliphatic rings. The standard InChI is InChI=1S/C16H15F4N/c1-21(2)10-12-5-3-4-6-13(12)11-7-8-15(17)14(9-11)16(18,19)20/h3-9H,10H2,1-2H3. The summed E-state index contributed by atoms with van der Waals surface area (Å²) >= 11 is 0. The normalized spacial score (nSPS) is 12.0. The van der Waals surface area contributed by atoms with Gasteiger partial charge in [0.2, 0.25) is 0 Å². The lowest BCUT2D eigenvalue weighted by Gasteiger charge is -2.16. The molecular formula is C16H15F4N. The number of rotatable bonds is 3. The van der Waals surface area contributed by atoms with Crippen molar-refractivity contribution in [3.8, 4) is 11.1 Å². The maximum Gasteiger partial charge on any atom is 0.419 e. The van der Waals surface area contributed by atoms with Gasteiger partial charge in [-0.2, -0.15) is 13.2 Å². The summed E-state index contributed by atoms with van der Waals surface area (Å²) in [6.45, 7) is 0.592. The summed E-state index contributed by atoms with van der Waals surface area (Å²) in [6.07, 6.45) is -4.70. The average molecular weight is 297 g/mol. The van der Waals surface area contributed by atoms with E-state index in [2.05, 4.69) is 0 Å². The molecule has 0 heterocycles. The Morgan fingerprint density at radius 3 is 2.29 bits per heavy atom. The molecule has 0 spiro atoms. The van der Waals surface area contributed by atoms with E-state index in [0.29, 0.717) is 17.7 Å². The molecule has 0 saturated carbocycles. The third kappa shape index (κ3) is 3.61. The summed E-state index contributed by atoms with van der Waals surface area (Å²) < 4.78 is 51.8. The maximum absolute atomic E-state index is 13.4. The van der Waals surface area contributed by atoms with Gasteiger partial charge >= 0.3 is 6.18 Å². The SMILES string of the molecule is CN(C)Cc1ccccc1-c1ccc(F)c(C(F)(F)F)c1. The van der Waals surface area contributed by atoms with E-state index in [-0.39, 0.29) is 0 Å². The van der Waals surface area contributed by atoms with Gasteiger partial charge in [-0.05, 0) is 42.9 Å². The monoisotopic (exact) mass is 297 g/mol. The van der Waals surface area contributed by atoms with Crippen molar-refractivity contribution < 1.29 is 17.6 Å². The highest BCUT2D eigenvalue weighted by Crippen LogP contribution is 2.35. The van der Waals surface area contributed by atoms with Crippen LogP contribution in [0.4, 0.5) is 17.6 Å². The smallest absolute Gasteiger partial charge is 0.305 e. The van der Waals surface area contributed by atoms with Crippen molar-refractivity contribution in [3.63, 3.8) is 0 Å². The Kier molecular flexibility index (Phi) is 4.32. The van der Waals surface area contributed by atoms with Crippen molar-refractivity contribution in [2.24, 2.45) is 0 Å². The predicted octanol–water partition coefficient (Wildman–Crippen LogP) is 4.57. The number of hydrogen-bond acceptors (Lipinski definition) is 1. The molecule has 0 aromatic heterocycles. The van der Waals surface area contributed by atoms with Crippen molar-refractivity contribution in [1.29, 1.82) is 0 Å². The highest BCUT2D eigenvalue weighted by Gasteiger charge is 2.34. The van der Waals surface area contributed by atoms with Crippen molar-refractivity contribution >= 4 is 0 Å². The number of halogens is 4. The van der Waals surface area contributed by atoms with Gasteiger partial charge in [0.1, 0.15) is 5.82 Å². The van der Waals surface area contributed by atoms with Crippen LogP contribution in [0.5, 0.6) is 0 Å². The van der Waals surface area contributed by atoms with E-state index in [0.717, 1.165) is 17.7 Å². The van der Waals surface area contributed by atoms with E-state index in [4.69, 9.17) is 0 Å². The van der Waals surface area contributed by atoms with Gasteiger partial charge < -0.3 is 4.90 Å². The van der Waals surface area contributed by atoms with Gasteiger partial charge in [-0.25, -0.2) is 4.39 Å². The molecule has 21 heavy (non-hydrogen) atoms. The highest BCUT2D eigenvalue weighted by molar-refractivity contribution is 5.68. The summed E-state index contributed by atoms with van der Waals surface area (Å²) in [7, 11) is 3.76. The zero-order valence-electron chi connectivity index (χ0n) is 11.7. The molecule has 0 atom stereocenters. The highest BCUT2D eigenvalue weighted by atomic mass is 19.4. The lowest BCUT2D eigenvalue weighted by molar-refractivity contribution is -0.139. The second kappa shape index (κ2) is 5.85. The number of benzene rings is 2. The largest absolute Gasteiger partial charge is 0.419 e. The first kappa shape index (κ1) is 15.5. The molecule has 0 unspecified atom stereocenters. The molecule has 2 aromatic rings. The third-order valence-corrected chi connectivity index (χ3v) is 3.09. The topological polar surface area (TPSA) is 3.24 Å². The van der Waals surface area contributed by atoms with Crippen LogP contribution in [0.25, 0.3) is 11.1 Å². The molecule has 2 aromatic carbocycles. The van der Waals surface area contributed by atoms with Crippen LogP contribution in [0.2, 0.25) is 0 Å². The Bertz CT molecular complexity index is 632. The molecule has 0 bridgehead atoms. The van der Waals surface area contributed by atoms with E-state index < -0.39 is 17.6 Å². The predicted molar refractivity (Wildman–Crippen MR) is 74.2 cm³/mol. The Morgan fingerprint density at radius 1 is 1.00 bits per heavy atom. The molecule has 0 aliphatic carbocycles. The molecule has 0 N–H and O–H groups in total. The molecule has 0 saturated heterocycles. The van der Waals surface area contributed by atoms with Gasteiger partial charge in [-0.15, -0.1) is 0 Å². The van der Waals surface area contributed by atoms with Gasteiger partial charge in [-0.3, -0.25) is 0 Å². The second-order valence-electron chi connectivity index (χ2n) is 5.09. The van der Waals surface area contributed by atoms with Crippen LogP contribution in [-0.4, -0.2) is 19.0 Å². The minimum Gasteiger partial charge on any atom is -0.305 e. The summed E-state index contributed by atoms with van der Waals surface area (Å²) in [5, 5.41) is 0. The first-order valence-corrected chi connectivity index (χ1v) is 6.39. The van der Waals surface area contributed by atoms with E-state index >= 15 is 0 Å². The summed E-state index contributed by atoms with van der Waals surface area (Å²) in [5.41, 5.74) is 0.694. The summed E-state index contributed by atoms with van der Waals surface area (Å²) in [4.78, 5) is 1.92. The minimum atomic E-state index is -4.70. The Morgan fingerprint density at radius 2 is 1.67 bits per heavy atom. The molecule has 0 fully saturated rings. The van der Waals surface area contributed by atoms with Crippen LogP contribution in [0.1, 0.15) is 11.1 Å². The van der Waals surface area contributed by atoms with Crippen LogP contribution in [0, 0.1) is 5.82 Å². The second-order valence-corrected chi connectivity index (χ2v) is 5.09. The van der Waals surface area contributed by atoms with Crippen molar-refractivity contribution in [3.05, 3.63) is 59.4 Å². The van der Waals surface area contributed by atoms with Crippen molar-refractivity contribution in [2.45, 2.75) is 12.7 Å². The minimum absolute atomic E-state index is 0.362. The van der Waals surface area contributed by atoms with Crippen LogP contribution in [-0.2, 0) is 12.7 Å². The Hall–Kier alpha value is -1.88. The fraction of sp³-hybridized carbons (Fsp3) is 0.250. The van der Waals surface area contributed by atoms with Crippen LogP contribution in [0.3, 0.4) is 0 Å². The lowest BCUT2D eigenvalue weighted by Crippen LogP contribution is -2.12. The van der Waals surface area contributed by atoms with Crippen LogP contribution < -0.4 is 0 Å². The molecule has 2 rings (SSSR count). The zero-order valence-corrected chi connectivity index (χ0v) is 11.7. The third-order valence-electron chi connectivity index (χ3n) is 3.09. The fourth-order valence-electron chi connectivity index (χ4n) is 2.19. The van der Waals surface area contributed by atoms with Crippen molar-refractivity contribution in [1.82, 2.24) is 4.90 Å². The molecule has 0 radical (unpaired) electrons. The number of alkyl halides is 3. The summed E-state index contributed by atoms with van der Waals surface area (Å²) in [6, 6.07) is 10.3. The maximum atomic E-state index is 13.4. The first-order chi connectivity index (χ1) is 9.79. The first-order valence-electron chi connectivity index (χ1n) is 6.39. The van der Waals surface area contributed by atoms with E-state index in [1.54, 1.807) is 12.1 Å². The van der Waals surface area contributed by atoms with Gasteiger partial charge in [0, 0.05) is 6.54 Å². The number of hydrogen-bond donors (Lipinski definition) is 0. The van der Waals surface area contributed by atoms with Gasteiger partial charge in [0.25, 0.3) is 0 Å². The summed E-state index contributed by atoms with van der Waals surface area (Å²) in [5.74, 6) is -1.25. The lowest BCUT2D eigenvalue weighted by atomic mass is 9.97. The Balaban J connectivity index is 2.53. The molecular weight excluding hydrogens is 282 g/mol. The van der Waals surface area contributed by atoms with Gasteiger partial charge in [0.05, 0.1) is 5.56 Å². The van der Waals surface area contributed by atoms with E-state index in [9.17, 15) is 17.6 Å².